The van der Waals surface area contributed by atoms with Crippen LogP contribution in [0.5, 0.6) is 0 Å². The third-order valence-electron chi connectivity index (χ3n) is 3.36. The summed E-state index contributed by atoms with van der Waals surface area (Å²) in [6.45, 7) is 5.62. The molecule has 0 spiro atoms. The van der Waals surface area contributed by atoms with Crippen molar-refractivity contribution in [3.8, 4) is 0 Å². The maximum absolute atomic E-state index is 11.7. The zero-order valence-electron chi connectivity index (χ0n) is 10.7. The highest BCUT2D eigenvalue weighted by atomic mass is 32.2. The van der Waals surface area contributed by atoms with Crippen LogP contribution >= 0.6 is 0 Å². The topological polar surface area (TPSA) is 54.7 Å². The molecule has 2 heterocycles. The molecule has 1 aromatic rings. The highest BCUT2D eigenvalue weighted by Gasteiger charge is 2.27. The molecule has 1 aromatic heterocycles. The summed E-state index contributed by atoms with van der Waals surface area (Å²) in [4.78, 5) is 5.52. The molecule has 0 atom stereocenters. The van der Waals surface area contributed by atoms with E-state index in [1.165, 1.54) is 10.5 Å². The van der Waals surface area contributed by atoms with E-state index in [1.807, 2.05) is 12.3 Å². The first kappa shape index (κ1) is 13.5. The van der Waals surface area contributed by atoms with E-state index in [2.05, 4.69) is 11.1 Å². The average Bonchev–Trinajstić information content (AvgIpc) is 2.40. The summed E-state index contributed by atoms with van der Waals surface area (Å²) in [6, 6.07) is 4.00. The van der Waals surface area contributed by atoms with Gasteiger partial charge in [-0.2, -0.15) is 4.31 Å². The first-order valence-electron chi connectivity index (χ1n) is 6.32. The molecular weight excluding hydrogens is 250 g/mol. The van der Waals surface area contributed by atoms with Crippen LogP contribution in [0.3, 0.4) is 0 Å². The Morgan fingerprint density at radius 2 is 2.11 bits per heavy atom. The minimum absolute atomic E-state index is 0.199. The van der Waals surface area contributed by atoms with Crippen LogP contribution in [-0.2, 0) is 16.6 Å². The molecule has 1 N–H and O–H groups in total. The van der Waals surface area contributed by atoms with Crippen molar-refractivity contribution in [3.63, 3.8) is 0 Å². The molecule has 18 heavy (non-hydrogen) atoms. The maximum atomic E-state index is 11.7. The van der Waals surface area contributed by atoms with Gasteiger partial charge in [0.25, 0.3) is 0 Å². The predicted octanol–water partition coefficient (Wildman–Crippen LogP) is -0.868. The van der Waals surface area contributed by atoms with Gasteiger partial charge < -0.3 is 4.90 Å². The number of quaternary nitrogens is 1. The smallest absolute Gasteiger partial charge is 0.214 e. The lowest BCUT2D eigenvalue weighted by molar-refractivity contribution is -0.917. The Labute approximate surface area is 108 Å². The minimum atomic E-state index is -3.01. The fourth-order valence-corrected chi connectivity index (χ4v) is 3.34. The number of piperazine rings is 1. The molecule has 0 aromatic carbocycles. The molecule has 6 heteroatoms. The molecule has 1 fully saturated rings. The summed E-state index contributed by atoms with van der Waals surface area (Å²) in [5.41, 5.74) is 1.21. The third kappa shape index (κ3) is 3.28. The number of hydrogen-bond acceptors (Lipinski definition) is 3. The quantitative estimate of drug-likeness (QED) is 0.774. The minimum Gasteiger partial charge on any atom is -0.329 e. The van der Waals surface area contributed by atoms with Gasteiger partial charge in [-0.1, -0.05) is 6.07 Å². The highest BCUT2D eigenvalue weighted by molar-refractivity contribution is 7.89. The number of pyridine rings is 1. The lowest BCUT2D eigenvalue weighted by Gasteiger charge is -2.31. The monoisotopic (exact) mass is 270 g/mol. The van der Waals surface area contributed by atoms with Crippen molar-refractivity contribution >= 4 is 10.0 Å². The van der Waals surface area contributed by atoms with E-state index < -0.39 is 10.0 Å². The Morgan fingerprint density at radius 3 is 2.67 bits per heavy atom. The largest absolute Gasteiger partial charge is 0.329 e. The molecule has 0 unspecified atom stereocenters. The van der Waals surface area contributed by atoms with Gasteiger partial charge in [0.1, 0.15) is 6.54 Å². The number of sulfonamides is 1. The molecule has 0 bridgehead atoms. The van der Waals surface area contributed by atoms with Crippen molar-refractivity contribution in [2.24, 2.45) is 0 Å². The standard InChI is InChI=1S/C12H19N3O2S/c1-2-18(16,17)15-8-6-14(7-9-15)11-12-4-3-5-13-10-12/h3-5,10H,2,6-9,11H2,1H3/p+1. The Morgan fingerprint density at radius 1 is 1.39 bits per heavy atom. The van der Waals surface area contributed by atoms with Gasteiger partial charge in [0.2, 0.25) is 10.0 Å². The molecule has 100 valence electrons. The van der Waals surface area contributed by atoms with Crippen LogP contribution in [-0.4, -0.2) is 49.6 Å². The van der Waals surface area contributed by atoms with Crippen molar-refractivity contribution < 1.29 is 13.3 Å². The maximum Gasteiger partial charge on any atom is 0.214 e. The van der Waals surface area contributed by atoms with Gasteiger partial charge in [0.05, 0.1) is 31.9 Å². The van der Waals surface area contributed by atoms with E-state index in [-0.39, 0.29) is 5.75 Å². The molecule has 2 rings (SSSR count). The van der Waals surface area contributed by atoms with Crippen molar-refractivity contribution in [1.82, 2.24) is 9.29 Å². The molecule has 0 radical (unpaired) electrons. The van der Waals surface area contributed by atoms with E-state index in [4.69, 9.17) is 0 Å². The Kier molecular flexibility index (Phi) is 4.31. The molecule has 1 aliphatic heterocycles. The summed E-state index contributed by atoms with van der Waals surface area (Å²) in [5, 5.41) is 0. The van der Waals surface area contributed by atoms with Crippen molar-refractivity contribution in [2.45, 2.75) is 13.5 Å². The lowest BCUT2D eigenvalue weighted by atomic mass is 10.2. The first-order valence-corrected chi connectivity index (χ1v) is 7.93. The first-order chi connectivity index (χ1) is 8.62. The predicted molar refractivity (Wildman–Crippen MR) is 69.7 cm³/mol. The summed E-state index contributed by atoms with van der Waals surface area (Å²) in [5.74, 6) is 0.199. The van der Waals surface area contributed by atoms with E-state index in [0.717, 1.165) is 19.6 Å². The average molecular weight is 270 g/mol. The third-order valence-corrected chi connectivity index (χ3v) is 5.25. The second kappa shape index (κ2) is 5.77. The Bertz CT molecular complexity index is 467. The lowest BCUT2D eigenvalue weighted by Crippen LogP contribution is -3.13. The van der Waals surface area contributed by atoms with E-state index >= 15 is 0 Å². The van der Waals surface area contributed by atoms with Gasteiger partial charge >= 0.3 is 0 Å². The number of hydrogen-bond donors (Lipinski definition) is 1. The van der Waals surface area contributed by atoms with Gasteiger partial charge in [0, 0.05) is 18.0 Å². The van der Waals surface area contributed by atoms with Crippen molar-refractivity contribution in [3.05, 3.63) is 30.1 Å². The van der Waals surface area contributed by atoms with Crippen LogP contribution in [0.15, 0.2) is 24.5 Å². The molecule has 0 aliphatic carbocycles. The normalized spacial score (nSPS) is 18.9. The van der Waals surface area contributed by atoms with Gasteiger partial charge in [-0.15, -0.1) is 0 Å². The molecule has 1 aliphatic rings. The zero-order chi connectivity index (χ0) is 13.0. The molecular formula is C12H20N3O2S+. The number of aromatic nitrogens is 1. The van der Waals surface area contributed by atoms with Crippen LogP contribution in [0.25, 0.3) is 0 Å². The van der Waals surface area contributed by atoms with E-state index in [9.17, 15) is 8.42 Å². The number of nitrogens with one attached hydrogen (secondary N) is 1. The van der Waals surface area contributed by atoms with Gasteiger partial charge in [-0.05, 0) is 13.0 Å². The molecule has 0 amide bonds. The van der Waals surface area contributed by atoms with Crippen molar-refractivity contribution in [1.29, 1.82) is 0 Å². The SMILES string of the molecule is CCS(=O)(=O)N1CC[NH+](Cc2cccnc2)CC1. The van der Waals surface area contributed by atoms with Crippen LogP contribution in [0.4, 0.5) is 0 Å². The second-order valence-corrected chi connectivity index (χ2v) is 6.85. The summed E-state index contributed by atoms with van der Waals surface area (Å²) >= 11 is 0. The Balaban J connectivity index is 1.88. The number of rotatable bonds is 4. The molecule has 1 saturated heterocycles. The van der Waals surface area contributed by atoms with E-state index in [0.29, 0.717) is 13.1 Å². The van der Waals surface area contributed by atoms with Gasteiger partial charge in [-0.3, -0.25) is 4.98 Å². The van der Waals surface area contributed by atoms with Gasteiger partial charge in [0.15, 0.2) is 0 Å². The second-order valence-electron chi connectivity index (χ2n) is 4.59. The van der Waals surface area contributed by atoms with Crippen LogP contribution in [0.2, 0.25) is 0 Å². The fourth-order valence-electron chi connectivity index (χ4n) is 2.23. The van der Waals surface area contributed by atoms with Crippen molar-refractivity contribution in [2.75, 3.05) is 31.9 Å². The summed E-state index contributed by atoms with van der Waals surface area (Å²) < 4.78 is 25.1. The zero-order valence-corrected chi connectivity index (χ0v) is 11.5. The van der Waals surface area contributed by atoms with Crippen LogP contribution < -0.4 is 4.90 Å². The summed E-state index contributed by atoms with van der Waals surface area (Å²) in [6.07, 6.45) is 3.65. The van der Waals surface area contributed by atoms with Crippen LogP contribution in [0, 0.1) is 0 Å². The Hall–Kier alpha value is -0.980. The molecule has 5 nitrogen and oxygen atoms in total. The molecule has 0 saturated carbocycles. The fraction of sp³-hybridized carbons (Fsp3) is 0.583. The summed E-state index contributed by atoms with van der Waals surface area (Å²) in [7, 11) is -3.01. The number of nitrogens with zero attached hydrogens (tertiary/aromatic N) is 2. The highest BCUT2D eigenvalue weighted by Crippen LogP contribution is 2.01. The van der Waals surface area contributed by atoms with Gasteiger partial charge in [-0.25, -0.2) is 8.42 Å². The van der Waals surface area contributed by atoms with Crippen LogP contribution in [0.1, 0.15) is 12.5 Å². The van der Waals surface area contributed by atoms with E-state index in [1.54, 1.807) is 17.4 Å².